The number of nitrogens with zero attached hydrogens (tertiary/aromatic N) is 1. The molecule has 1 heterocycles. The van der Waals surface area contributed by atoms with E-state index in [4.69, 9.17) is 4.74 Å². The molecule has 1 aliphatic rings. The number of halogens is 1. The van der Waals surface area contributed by atoms with Crippen molar-refractivity contribution in [3.05, 3.63) is 24.0 Å². The molecule has 0 radical (unpaired) electrons. The van der Waals surface area contributed by atoms with Crippen LogP contribution in [0.5, 0.6) is 0 Å². The van der Waals surface area contributed by atoms with Gasteiger partial charge in [-0.15, -0.1) is 0 Å². The molecule has 0 spiro atoms. The SMILES string of the molecule is CCN1c2cc(F)ccc2NC1CNC(=O)OC(C)(C)C. The van der Waals surface area contributed by atoms with E-state index in [1.54, 1.807) is 6.07 Å². The zero-order chi connectivity index (χ0) is 15.6. The van der Waals surface area contributed by atoms with Gasteiger partial charge in [0.25, 0.3) is 0 Å². The molecule has 0 bridgehead atoms. The lowest BCUT2D eigenvalue weighted by atomic mass is 10.2. The molecule has 1 unspecified atom stereocenters. The highest BCUT2D eigenvalue weighted by Crippen LogP contribution is 2.34. The van der Waals surface area contributed by atoms with Gasteiger partial charge in [0, 0.05) is 6.54 Å². The van der Waals surface area contributed by atoms with Crippen LogP contribution in [0.15, 0.2) is 18.2 Å². The van der Waals surface area contributed by atoms with Crippen molar-refractivity contribution in [3.8, 4) is 0 Å². The largest absolute Gasteiger partial charge is 0.444 e. The molecule has 2 N–H and O–H groups in total. The molecule has 0 saturated heterocycles. The van der Waals surface area contributed by atoms with Crippen LogP contribution in [0.3, 0.4) is 0 Å². The Labute approximate surface area is 124 Å². The summed E-state index contributed by atoms with van der Waals surface area (Å²) in [5.74, 6) is -0.269. The number of nitrogens with one attached hydrogen (secondary N) is 2. The minimum Gasteiger partial charge on any atom is -0.444 e. The molecule has 1 aromatic carbocycles. The fourth-order valence-corrected chi connectivity index (χ4v) is 2.34. The van der Waals surface area contributed by atoms with Crippen molar-refractivity contribution in [2.75, 3.05) is 23.3 Å². The van der Waals surface area contributed by atoms with Gasteiger partial charge in [-0.2, -0.15) is 0 Å². The van der Waals surface area contributed by atoms with Crippen LogP contribution in [0.2, 0.25) is 0 Å². The summed E-state index contributed by atoms with van der Waals surface area (Å²) in [5, 5.41) is 6.01. The lowest BCUT2D eigenvalue weighted by Crippen LogP contribution is -2.46. The van der Waals surface area contributed by atoms with Crippen LogP contribution in [0, 0.1) is 5.82 Å². The summed E-state index contributed by atoms with van der Waals surface area (Å²) >= 11 is 0. The highest BCUT2D eigenvalue weighted by atomic mass is 19.1. The first kappa shape index (κ1) is 15.4. The Bertz CT molecular complexity index is 528. The Balaban J connectivity index is 1.98. The second-order valence-corrected chi connectivity index (χ2v) is 5.99. The van der Waals surface area contributed by atoms with Gasteiger partial charge in [-0.3, -0.25) is 0 Å². The topological polar surface area (TPSA) is 53.6 Å². The van der Waals surface area contributed by atoms with E-state index in [0.717, 1.165) is 11.4 Å². The smallest absolute Gasteiger partial charge is 0.407 e. The van der Waals surface area contributed by atoms with E-state index in [0.29, 0.717) is 13.1 Å². The summed E-state index contributed by atoms with van der Waals surface area (Å²) in [7, 11) is 0. The van der Waals surface area contributed by atoms with E-state index >= 15 is 0 Å². The number of likely N-dealkylation sites (N-methyl/N-ethyl adjacent to an activating group) is 1. The maximum absolute atomic E-state index is 13.4. The molecule has 1 aromatic rings. The predicted molar refractivity (Wildman–Crippen MR) is 81.1 cm³/mol. The molecule has 6 heteroatoms. The number of carbonyl (C=O) groups excluding carboxylic acids is 1. The van der Waals surface area contributed by atoms with Crippen molar-refractivity contribution in [3.63, 3.8) is 0 Å². The van der Waals surface area contributed by atoms with Crippen LogP contribution in [0.1, 0.15) is 27.7 Å². The van der Waals surface area contributed by atoms with Gasteiger partial charge >= 0.3 is 6.09 Å². The summed E-state index contributed by atoms with van der Waals surface area (Å²) in [4.78, 5) is 13.7. The quantitative estimate of drug-likeness (QED) is 0.900. The number of ether oxygens (including phenoxy) is 1. The monoisotopic (exact) mass is 295 g/mol. The maximum Gasteiger partial charge on any atom is 0.407 e. The third kappa shape index (κ3) is 3.77. The zero-order valence-electron chi connectivity index (χ0n) is 12.9. The highest BCUT2D eigenvalue weighted by Gasteiger charge is 2.28. The van der Waals surface area contributed by atoms with E-state index in [-0.39, 0.29) is 12.0 Å². The van der Waals surface area contributed by atoms with Crippen molar-refractivity contribution in [2.24, 2.45) is 0 Å². The fourth-order valence-electron chi connectivity index (χ4n) is 2.34. The van der Waals surface area contributed by atoms with Gasteiger partial charge in [-0.25, -0.2) is 9.18 Å². The van der Waals surface area contributed by atoms with Gasteiger partial charge in [-0.1, -0.05) is 0 Å². The molecule has 1 aliphatic heterocycles. The molecule has 0 saturated carbocycles. The van der Waals surface area contributed by atoms with Crippen LogP contribution < -0.4 is 15.5 Å². The second-order valence-electron chi connectivity index (χ2n) is 5.99. The van der Waals surface area contributed by atoms with Crippen molar-refractivity contribution in [2.45, 2.75) is 39.5 Å². The molecular weight excluding hydrogens is 273 g/mol. The minimum absolute atomic E-state index is 0.112. The van der Waals surface area contributed by atoms with Gasteiger partial charge in [-0.05, 0) is 45.9 Å². The van der Waals surface area contributed by atoms with Crippen LogP contribution in [0.4, 0.5) is 20.6 Å². The average molecular weight is 295 g/mol. The zero-order valence-corrected chi connectivity index (χ0v) is 12.9. The third-order valence-corrected chi connectivity index (χ3v) is 3.15. The van der Waals surface area contributed by atoms with Crippen LogP contribution >= 0.6 is 0 Å². The third-order valence-electron chi connectivity index (χ3n) is 3.15. The number of amides is 1. The predicted octanol–water partition coefficient (Wildman–Crippen LogP) is 2.93. The number of hydrogen-bond donors (Lipinski definition) is 2. The molecule has 1 atom stereocenters. The Hall–Kier alpha value is -1.98. The van der Waals surface area contributed by atoms with Crippen LogP contribution in [-0.2, 0) is 4.74 Å². The van der Waals surface area contributed by atoms with Gasteiger partial charge in [0.1, 0.15) is 17.6 Å². The Morgan fingerprint density at radius 1 is 1.48 bits per heavy atom. The summed E-state index contributed by atoms with van der Waals surface area (Å²) in [6.07, 6.45) is -0.568. The number of benzene rings is 1. The Morgan fingerprint density at radius 3 is 2.81 bits per heavy atom. The number of fused-ring (bicyclic) bond motifs is 1. The molecule has 21 heavy (non-hydrogen) atoms. The Morgan fingerprint density at radius 2 is 2.19 bits per heavy atom. The normalized spacial score (nSPS) is 17.2. The molecule has 5 nitrogen and oxygen atoms in total. The van der Waals surface area contributed by atoms with Gasteiger partial charge in [0.05, 0.1) is 17.9 Å². The van der Waals surface area contributed by atoms with Crippen LogP contribution in [-0.4, -0.2) is 30.9 Å². The Kier molecular flexibility index (Phi) is 4.25. The number of hydrogen-bond acceptors (Lipinski definition) is 4. The highest BCUT2D eigenvalue weighted by molar-refractivity contribution is 5.76. The molecule has 2 rings (SSSR count). The molecule has 0 aromatic heterocycles. The lowest BCUT2D eigenvalue weighted by molar-refractivity contribution is 0.0526. The van der Waals surface area contributed by atoms with Crippen molar-refractivity contribution >= 4 is 17.5 Å². The second kappa shape index (κ2) is 5.79. The molecular formula is C15H22FN3O2. The van der Waals surface area contributed by atoms with Gasteiger partial charge in [0.2, 0.25) is 0 Å². The summed E-state index contributed by atoms with van der Waals surface area (Å²) in [6.45, 7) is 8.53. The molecule has 116 valence electrons. The fraction of sp³-hybridized carbons (Fsp3) is 0.533. The van der Waals surface area contributed by atoms with Crippen molar-refractivity contribution < 1.29 is 13.9 Å². The standard InChI is InChI=1S/C15H22FN3O2/c1-5-19-12-8-10(16)6-7-11(12)18-13(19)9-17-14(20)21-15(2,3)4/h6-8,13,18H,5,9H2,1-4H3,(H,17,20). The van der Waals surface area contributed by atoms with Crippen LogP contribution in [0.25, 0.3) is 0 Å². The van der Waals surface area contributed by atoms with Gasteiger partial charge < -0.3 is 20.3 Å². The summed E-state index contributed by atoms with van der Waals surface area (Å²) in [6, 6.07) is 4.63. The summed E-state index contributed by atoms with van der Waals surface area (Å²) < 4.78 is 18.6. The first-order chi connectivity index (χ1) is 9.80. The van der Waals surface area contributed by atoms with Crippen molar-refractivity contribution in [1.29, 1.82) is 0 Å². The first-order valence-electron chi connectivity index (χ1n) is 7.10. The number of rotatable bonds is 3. The van der Waals surface area contributed by atoms with Gasteiger partial charge in [0.15, 0.2) is 0 Å². The number of carbonyl (C=O) groups is 1. The van der Waals surface area contributed by atoms with Crippen molar-refractivity contribution in [1.82, 2.24) is 5.32 Å². The van der Waals surface area contributed by atoms with E-state index < -0.39 is 11.7 Å². The average Bonchev–Trinajstić information content (AvgIpc) is 2.71. The first-order valence-corrected chi connectivity index (χ1v) is 7.10. The minimum atomic E-state index is -0.524. The maximum atomic E-state index is 13.4. The van der Waals surface area contributed by atoms with E-state index in [2.05, 4.69) is 10.6 Å². The summed E-state index contributed by atoms with van der Waals surface area (Å²) in [5.41, 5.74) is 1.16. The van der Waals surface area contributed by atoms with E-state index in [9.17, 15) is 9.18 Å². The van der Waals surface area contributed by atoms with E-state index in [1.807, 2.05) is 32.6 Å². The number of anilines is 2. The lowest BCUT2D eigenvalue weighted by Gasteiger charge is -2.26. The number of alkyl carbamates (subject to hydrolysis) is 1. The van der Waals surface area contributed by atoms with E-state index in [1.165, 1.54) is 12.1 Å². The molecule has 1 amide bonds. The molecule has 0 fully saturated rings. The molecule has 0 aliphatic carbocycles.